The molecule has 0 amide bonds. The van der Waals surface area contributed by atoms with E-state index in [1.807, 2.05) is 42.5 Å². The largest absolute Gasteiger partial charge is 0.504 e. The van der Waals surface area contributed by atoms with Gasteiger partial charge in [-0.1, -0.05) is 99.5 Å². The molecule has 0 saturated carbocycles. The molecule has 0 bridgehead atoms. The highest BCUT2D eigenvalue weighted by molar-refractivity contribution is 5.76. The highest BCUT2D eigenvalue weighted by atomic mass is 16.3. The molecule has 0 unspecified atom stereocenters. The lowest BCUT2D eigenvalue weighted by atomic mass is 10.0. The molecule has 1 aliphatic heterocycles. The van der Waals surface area contributed by atoms with E-state index in [0.717, 1.165) is 61.3 Å². The number of aliphatic hydroxyl groups is 1. The summed E-state index contributed by atoms with van der Waals surface area (Å²) in [6, 6.07) is 23.2. The highest BCUT2D eigenvalue weighted by Crippen LogP contribution is 2.40. The van der Waals surface area contributed by atoms with Crippen LogP contribution in [0.15, 0.2) is 96.8 Å². The van der Waals surface area contributed by atoms with Gasteiger partial charge in [-0.2, -0.15) is 0 Å². The van der Waals surface area contributed by atoms with Crippen molar-refractivity contribution >= 4 is 17.5 Å². The average Bonchev–Trinajstić information content (AvgIpc) is 3.34. The van der Waals surface area contributed by atoms with Gasteiger partial charge < -0.3 is 5.11 Å². The molecule has 0 saturated heterocycles. The van der Waals surface area contributed by atoms with Crippen LogP contribution >= 0.6 is 0 Å². The second-order valence-electron chi connectivity index (χ2n) is 9.86. The van der Waals surface area contributed by atoms with Crippen LogP contribution in [0.4, 0.5) is 11.4 Å². The van der Waals surface area contributed by atoms with Crippen LogP contribution in [0.5, 0.6) is 0 Å². The van der Waals surface area contributed by atoms with Gasteiger partial charge in [0.05, 0.1) is 11.4 Å². The number of aryl methyl sites for hydroxylation is 4. The van der Waals surface area contributed by atoms with E-state index >= 15 is 0 Å². The minimum Gasteiger partial charge on any atom is -0.504 e. The van der Waals surface area contributed by atoms with Gasteiger partial charge in [0.25, 0.3) is 0 Å². The smallest absolute Gasteiger partial charge is 0.164 e. The summed E-state index contributed by atoms with van der Waals surface area (Å²) in [6.45, 7) is 8.79. The topological polar surface area (TPSA) is 26.7 Å². The number of para-hydroxylation sites is 2. The number of anilines is 2. The third kappa shape index (κ3) is 5.99. The normalized spacial score (nSPS) is 13.2. The Morgan fingerprint density at radius 3 is 1.70 bits per heavy atom. The maximum Gasteiger partial charge on any atom is 0.164 e. The van der Waals surface area contributed by atoms with Crippen LogP contribution in [-0.2, 0) is 12.8 Å². The van der Waals surface area contributed by atoms with E-state index in [1.165, 1.54) is 22.3 Å². The summed E-state index contributed by atoms with van der Waals surface area (Å²) in [5, 5.41) is 11.7. The second kappa shape index (κ2) is 12.5. The minimum atomic E-state index is 0.239. The van der Waals surface area contributed by atoms with Crippen LogP contribution < -0.4 is 9.80 Å². The molecule has 192 valence electrons. The van der Waals surface area contributed by atoms with E-state index in [0.29, 0.717) is 0 Å². The lowest BCUT2D eigenvalue weighted by Crippen LogP contribution is -2.26. The van der Waals surface area contributed by atoms with Crippen LogP contribution in [0.2, 0.25) is 0 Å². The summed E-state index contributed by atoms with van der Waals surface area (Å²) in [5.41, 5.74) is 8.39. The fourth-order valence-electron chi connectivity index (χ4n) is 5.08. The van der Waals surface area contributed by atoms with Crippen LogP contribution in [0, 0.1) is 13.8 Å². The van der Waals surface area contributed by atoms with Gasteiger partial charge in [-0.15, -0.1) is 0 Å². The Hall–Kier alpha value is -3.72. The molecule has 1 aliphatic rings. The molecule has 3 aromatic carbocycles. The molecular weight excluding hydrogens is 452 g/mol. The number of rotatable bonds is 10. The van der Waals surface area contributed by atoms with E-state index in [-0.39, 0.29) is 5.76 Å². The maximum atomic E-state index is 11.7. The van der Waals surface area contributed by atoms with Crippen molar-refractivity contribution in [3.8, 4) is 0 Å². The van der Waals surface area contributed by atoms with Crippen molar-refractivity contribution in [3.63, 3.8) is 0 Å². The molecule has 0 aromatic heterocycles. The maximum absolute atomic E-state index is 11.7. The zero-order chi connectivity index (χ0) is 26.2. The molecule has 1 heterocycles. The fraction of sp³-hybridized carbons (Fsp3) is 0.294. The first-order valence-electron chi connectivity index (χ1n) is 13.6. The van der Waals surface area contributed by atoms with E-state index in [4.69, 9.17) is 0 Å². The lowest BCUT2D eigenvalue weighted by molar-refractivity contribution is 0.424. The Morgan fingerprint density at radius 2 is 1.22 bits per heavy atom. The van der Waals surface area contributed by atoms with Crippen LogP contribution in [0.25, 0.3) is 6.08 Å². The van der Waals surface area contributed by atoms with Gasteiger partial charge in [0.2, 0.25) is 0 Å². The molecule has 3 nitrogen and oxygen atoms in total. The first kappa shape index (κ1) is 26.3. The highest BCUT2D eigenvalue weighted by Gasteiger charge is 2.30. The molecule has 1 N–H and O–H groups in total. The van der Waals surface area contributed by atoms with E-state index in [2.05, 4.69) is 86.3 Å². The van der Waals surface area contributed by atoms with Crippen molar-refractivity contribution in [2.75, 3.05) is 9.80 Å². The SMILES string of the molecule is CCCCc1cccc(C)c1N1C=CN(c2c(C)cccc2CCCC)C1=C(O)/C=C/c1ccccc1. The van der Waals surface area contributed by atoms with Gasteiger partial charge in [-0.25, -0.2) is 0 Å². The number of nitrogens with zero attached hydrogens (tertiary/aromatic N) is 2. The number of unbranched alkanes of at least 4 members (excludes halogenated alkanes) is 2. The summed E-state index contributed by atoms with van der Waals surface area (Å²) in [6.07, 6.45) is 14.6. The third-order valence-corrected chi connectivity index (χ3v) is 7.01. The van der Waals surface area contributed by atoms with Crippen molar-refractivity contribution in [2.45, 2.75) is 66.2 Å². The summed E-state index contributed by atoms with van der Waals surface area (Å²) < 4.78 is 0. The fourth-order valence-corrected chi connectivity index (χ4v) is 5.08. The van der Waals surface area contributed by atoms with Crippen LogP contribution in [0.1, 0.15) is 67.3 Å². The molecule has 37 heavy (non-hydrogen) atoms. The van der Waals surface area contributed by atoms with Crippen molar-refractivity contribution in [3.05, 3.63) is 125 Å². The van der Waals surface area contributed by atoms with Gasteiger partial charge in [0, 0.05) is 12.4 Å². The molecule has 0 spiro atoms. The van der Waals surface area contributed by atoms with Gasteiger partial charge in [0.15, 0.2) is 11.6 Å². The van der Waals surface area contributed by atoms with Gasteiger partial charge in [0.1, 0.15) is 0 Å². The van der Waals surface area contributed by atoms with Crippen LogP contribution in [0.3, 0.4) is 0 Å². The number of hydrogen-bond acceptors (Lipinski definition) is 3. The van der Waals surface area contributed by atoms with Crippen molar-refractivity contribution in [1.29, 1.82) is 0 Å². The predicted octanol–water partition coefficient (Wildman–Crippen LogP) is 9.23. The second-order valence-corrected chi connectivity index (χ2v) is 9.86. The molecule has 0 atom stereocenters. The lowest BCUT2D eigenvalue weighted by Gasteiger charge is -2.30. The molecule has 4 rings (SSSR count). The molecule has 0 aliphatic carbocycles. The number of allylic oxidation sites excluding steroid dienone is 1. The summed E-state index contributed by atoms with van der Waals surface area (Å²) in [7, 11) is 0. The Bertz CT molecular complexity index is 1220. The summed E-state index contributed by atoms with van der Waals surface area (Å²) in [5.74, 6) is 1.01. The Balaban J connectivity index is 1.86. The Labute approximate surface area is 223 Å². The quantitative estimate of drug-likeness (QED) is 0.286. The first-order chi connectivity index (χ1) is 18.0. The molecule has 3 heteroatoms. The minimum absolute atomic E-state index is 0.239. The molecule has 0 fully saturated rings. The number of hydrogen-bond donors (Lipinski definition) is 1. The number of benzene rings is 3. The average molecular weight is 493 g/mol. The van der Waals surface area contributed by atoms with Gasteiger partial charge in [-0.3, -0.25) is 9.80 Å². The van der Waals surface area contributed by atoms with Crippen LogP contribution in [-0.4, -0.2) is 5.11 Å². The zero-order valence-corrected chi connectivity index (χ0v) is 22.7. The Morgan fingerprint density at radius 1 is 0.703 bits per heavy atom. The van der Waals surface area contributed by atoms with E-state index < -0.39 is 0 Å². The van der Waals surface area contributed by atoms with E-state index in [9.17, 15) is 5.11 Å². The van der Waals surface area contributed by atoms with Crippen molar-refractivity contribution < 1.29 is 5.11 Å². The standard InChI is InChI=1S/C34H40N2O/c1-5-7-18-29-20-12-14-26(3)32(29)35-24-25-36(33-27(4)15-13-21-30(33)19-8-6-2)34(35)31(37)23-22-28-16-10-9-11-17-28/h9-17,20-25,37H,5-8,18-19H2,1-4H3/b23-22+. The predicted molar refractivity (Wildman–Crippen MR) is 159 cm³/mol. The molecular formula is C34H40N2O. The van der Waals surface area contributed by atoms with Gasteiger partial charge >= 0.3 is 0 Å². The first-order valence-corrected chi connectivity index (χ1v) is 13.6. The monoisotopic (exact) mass is 492 g/mol. The third-order valence-electron chi connectivity index (χ3n) is 7.01. The van der Waals surface area contributed by atoms with Crippen molar-refractivity contribution in [2.24, 2.45) is 0 Å². The van der Waals surface area contributed by atoms with Gasteiger partial charge in [-0.05, 0) is 73.4 Å². The van der Waals surface area contributed by atoms with Crippen molar-refractivity contribution in [1.82, 2.24) is 0 Å². The van der Waals surface area contributed by atoms with E-state index in [1.54, 1.807) is 0 Å². The molecule has 3 aromatic rings. The number of aliphatic hydroxyl groups excluding tert-OH is 1. The summed E-state index contributed by atoms with van der Waals surface area (Å²) in [4.78, 5) is 4.36. The Kier molecular flexibility index (Phi) is 8.90. The zero-order valence-electron chi connectivity index (χ0n) is 22.7. The summed E-state index contributed by atoms with van der Waals surface area (Å²) >= 11 is 0. The molecule has 0 radical (unpaired) electrons.